The van der Waals surface area contributed by atoms with Crippen LogP contribution in [0, 0.1) is 0 Å². The minimum Gasteiger partial charge on any atom is -0.477 e. The van der Waals surface area contributed by atoms with Crippen molar-refractivity contribution in [1.82, 2.24) is 0 Å². The number of hydrogen-bond donors (Lipinski definition) is 2. The zero-order valence-electron chi connectivity index (χ0n) is 17.5. The summed E-state index contributed by atoms with van der Waals surface area (Å²) in [6.07, 6.45) is 7.37. The molecule has 30 heavy (non-hydrogen) atoms. The highest BCUT2D eigenvalue weighted by Gasteiger charge is 2.31. The van der Waals surface area contributed by atoms with Gasteiger partial charge in [0.15, 0.2) is 0 Å². The molecular formula is C24H31NO4S. The summed E-state index contributed by atoms with van der Waals surface area (Å²) in [5.74, 6) is -0.729. The highest BCUT2D eigenvalue weighted by Crippen LogP contribution is 2.31. The maximum Gasteiger partial charge on any atom is 0.346 e. The number of carbonyl (C=O) groups is 2. The molecule has 2 atom stereocenters. The SMILES string of the molecule is CCCCC[C@H](O)c1ccc(N2C(=O)CCC2CCCc2ccsc2C(=O)O)cc1. The second-order valence-electron chi connectivity index (χ2n) is 8.03. The fourth-order valence-corrected chi connectivity index (χ4v) is 5.02. The van der Waals surface area contributed by atoms with Gasteiger partial charge in [-0.25, -0.2) is 4.79 Å². The van der Waals surface area contributed by atoms with Crippen LogP contribution in [0.5, 0.6) is 0 Å². The molecule has 3 rings (SSSR count). The molecule has 1 amide bonds. The van der Waals surface area contributed by atoms with Crippen molar-refractivity contribution in [2.75, 3.05) is 4.90 Å². The second kappa shape index (κ2) is 10.7. The normalized spacial score (nSPS) is 17.5. The number of amides is 1. The van der Waals surface area contributed by atoms with Gasteiger partial charge in [-0.05, 0) is 66.8 Å². The number of aromatic carboxylic acids is 1. The van der Waals surface area contributed by atoms with E-state index < -0.39 is 12.1 Å². The molecule has 1 fully saturated rings. The first-order chi connectivity index (χ1) is 14.5. The van der Waals surface area contributed by atoms with Gasteiger partial charge in [0.2, 0.25) is 5.91 Å². The Labute approximate surface area is 182 Å². The van der Waals surface area contributed by atoms with Crippen LogP contribution in [0.1, 0.15) is 85.2 Å². The topological polar surface area (TPSA) is 77.8 Å². The van der Waals surface area contributed by atoms with E-state index in [-0.39, 0.29) is 11.9 Å². The number of rotatable bonds is 11. The number of carbonyl (C=O) groups excluding carboxylic acids is 1. The van der Waals surface area contributed by atoms with Gasteiger partial charge in [-0.3, -0.25) is 4.79 Å². The lowest BCUT2D eigenvalue weighted by atomic mass is 10.0. The molecule has 1 aliphatic heterocycles. The van der Waals surface area contributed by atoms with E-state index in [9.17, 15) is 19.8 Å². The quantitative estimate of drug-likeness (QED) is 0.457. The maximum atomic E-state index is 12.5. The molecule has 1 unspecified atom stereocenters. The first-order valence-corrected chi connectivity index (χ1v) is 11.8. The minimum atomic E-state index is -0.866. The molecule has 2 N–H and O–H groups in total. The monoisotopic (exact) mass is 429 g/mol. The van der Waals surface area contributed by atoms with Crippen molar-refractivity contribution in [3.63, 3.8) is 0 Å². The number of carboxylic acid groups (broad SMARTS) is 1. The molecule has 0 aliphatic carbocycles. The highest BCUT2D eigenvalue weighted by molar-refractivity contribution is 7.12. The van der Waals surface area contributed by atoms with Crippen molar-refractivity contribution in [2.45, 2.75) is 76.9 Å². The Morgan fingerprint density at radius 2 is 1.97 bits per heavy atom. The number of benzene rings is 1. The summed E-state index contributed by atoms with van der Waals surface area (Å²) in [6, 6.07) is 9.77. The van der Waals surface area contributed by atoms with Crippen LogP contribution in [-0.2, 0) is 11.2 Å². The van der Waals surface area contributed by atoms with Crippen molar-refractivity contribution < 1.29 is 19.8 Å². The smallest absolute Gasteiger partial charge is 0.346 e. The van der Waals surface area contributed by atoms with E-state index in [1.165, 1.54) is 11.3 Å². The molecule has 1 aromatic carbocycles. The van der Waals surface area contributed by atoms with Gasteiger partial charge < -0.3 is 15.1 Å². The van der Waals surface area contributed by atoms with Crippen LogP contribution in [0.3, 0.4) is 0 Å². The number of thiophene rings is 1. The zero-order valence-corrected chi connectivity index (χ0v) is 18.4. The number of unbranched alkanes of at least 4 members (excludes halogenated alkanes) is 2. The fourth-order valence-electron chi connectivity index (χ4n) is 4.23. The van der Waals surface area contributed by atoms with E-state index in [0.29, 0.717) is 17.7 Å². The first-order valence-electron chi connectivity index (χ1n) is 10.9. The summed E-state index contributed by atoms with van der Waals surface area (Å²) in [5, 5.41) is 21.4. The summed E-state index contributed by atoms with van der Waals surface area (Å²) in [5.41, 5.74) is 2.66. The van der Waals surface area contributed by atoms with Crippen molar-refractivity contribution in [1.29, 1.82) is 0 Å². The van der Waals surface area contributed by atoms with Crippen LogP contribution in [0.2, 0.25) is 0 Å². The summed E-state index contributed by atoms with van der Waals surface area (Å²) in [6.45, 7) is 2.15. The van der Waals surface area contributed by atoms with Gasteiger partial charge in [0.05, 0.1) is 6.10 Å². The second-order valence-corrected chi connectivity index (χ2v) is 8.95. The molecule has 0 saturated carbocycles. The van der Waals surface area contributed by atoms with Gasteiger partial charge in [-0.15, -0.1) is 11.3 Å². The van der Waals surface area contributed by atoms with Gasteiger partial charge in [-0.1, -0.05) is 38.3 Å². The molecule has 0 bridgehead atoms. The average Bonchev–Trinajstić information content (AvgIpc) is 3.35. The Bertz CT molecular complexity index is 845. The number of aliphatic hydroxyl groups is 1. The van der Waals surface area contributed by atoms with Crippen LogP contribution in [0.4, 0.5) is 5.69 Å². The van der Waals surface area contributed by atoms with Crippen LogP contribution < -0.4 is 4.90 Å². The molecule has 0 spiro atoms. The zero-order chi connectivity index (χ0) is 21.5. The molecule has 1 aliphatic rings. The van der Waals surface area contributed by atoms with Crippen LogP contribution in [0.25, 0.3) is 0 Å². The highest BCUT2D eigenvalue weighted by atomic mass is 32.1. The Kier molecular flexibility index (Phi) is 8.05. The average molecular weight is 430 g/mol. The van der Waals surface area contributed by atoms with E-state index in [1.807, 2.05) is 40.6 Å². The lowest BCUT2D eigenvalue weighted by Crippen LogP contribution is -2.32. The number of aryl methyl sites for hydroxylation is 1. The Morgan fingerprint density at radius 1 is 1.20 bits per heavy atom. The van der Waals surface area contributed by atoms with E-state index in [2.05, 4.69) is 6.92 Å². The third-order valence-electron chi connectivity index (χ3n) is 5.89. The van der Waals surface area contributed by atoms with Crippen molar-refractivity contribution in [3.8, 4) is 0 Å². The van der Waals surface area contributed by atoms with Gasteiger partial charge in [0.25, 0.3) is 0 Å². The molecule has 162 valence electrons. The Morgan fingerprint density at radius 3 is 2.67 bits per heavy atom. The number of nitrogens with zero attached hydrogens (tertiary/aromatic N) is 1. The minimum absolute atomic E-state index is 0.137. The Hall–Kier alpha value is -2.18. The predicted octanol–water partition coefficient (Wildman–Crippen LogP) is 5.58. The van der Waals surface area contributed by atoms with E-state index in [1.54, 1.807) is 0 Å². The van der Waals surface area contributed by atoms with Gasteiger partial charge in [0.1, 0.15) is 4.88 Å². The van der Waals surface area contributed by atoms with Crippen LogP contribution >= 0.6 is 11.3 Å². The molecule has 5 nitrogen and oxygen atoms in total. The predicted molar refractivity (Wildman–Crippen MR) is 120 cm³/mol. The van der Waals surface area contributed by atoms with Crippen LogP contribution in [0.15, 0.2) is 35.7 Å². The molecule has 2 heterocycles. The largest absolute Gasteiger partial charge is 0.477 e. The van der Waals surface area contributed by atoms with Crippen LogP contribution in [-0.4, -0.2) is 28.1 Å². The van der Waals surface area contributed by atoms with Crippen molar-refractivity contribution in [2.24, 2.45) is 0 Å². The molecule has 2 aromatic rings. The molecular weight excluding hydrogens is 398 g/mol. The number of hydrogen-bond acceptors (Lipinski definition) is 4. The van der Waals surface area contributed by atoms with Gasteiger partial charge in [-0.2, -0.15) is 0 Å². The van der Waals surface area contributed by atoms with Crippen molar-refractivity contribution >= 4 is 28.9 Å². The molecule has 6 heteroatoms. The third kappa shape index (κ3) is 5.49. The lowest BCUT2D eigenvalue weighted by Gasteiger charge is -2.25. The summed E-state index contributed by atoms with van der Waals surface area (Å²) >= 11 is 1.26. The van der Waals surface area contributed by atoms with Gasteiger partial charge >= 0.3 is 5.97 Å². The van der Waals surface area contributed by atoms with E-state index in [0.717, 1.165) is 61.8 Å². The summed E-state index contributed by atoms with van der Waals surface area (Å²) in [4.78, 5) is 26.1. The number of anilines is 1. The molecule has 1 saturated heterocycles. The number of aliphatic hydroxyl groups excluding tert-OH is 1. The Balaban J connectivity index is 1.59. The maximum absolute atomic E-state index is 12.5. The summed E-state index contributed by atoms with van der Waals surface area (Å²) < 4.78 is 0. The summed E-state index contributed by atoms with van der Waals surface area (Å²) in [7, 11) is 0. The third-order valence-corrected chi connectivity index (χ3v) is 6.83. The molecule has 0 radical (unpaired) electrons. The van der Waals surface area contributed by atoms with E-state index in [4.69, 9.17) is 0 Å². The standard InChI is InChI=1S/C24H31NO4S/c1-2-3-4-8-21(26)17-9-11-20(12-10-17)25-19(13-14-22(25)27)7-5-6-18-15-16-30-23(18)24(28)29/h9-12,15-16,19,21,26H,2-8,13-14H2,1H3,(H,28,29)/t19?,21-/m0/s1. The van der Waals surface area contributed by atoms with Gasteiger partial charge in [0, 0.05) is 18.2 Å². The fraction of sp³-hybridized carbons (Fsp3) is 0.500. The van der Waals surface area contributed by atoms with Crippen molar-refractivity contribution in [3.05, 3.63) is 51.7 Å². The first kappa shape index (κ1) is 22.5. The molecule has 1 aromatic heterocycles. The number of carboxylic acids is 1. The lowest BCUT2D eigenvalue weighted by molar-refractivity contribution is -0.117. The van der Waals surface area contributed by atoms with E-state index >= 15 is 0 Å².